The molecule has 2 rings (SSSR count). The number of anilines is 1. The van der Waals surface area contributed by atoms with Crippen molar-refractivity contribution in [1.29, 1.82) is 0 Å². The molecule has 4 heteroatoms. The lowest BCUT2D eigenvalue weighted by Gasteiger charge is -2.27. The molecule has 1 aromatic rings. The van der Waals surface area contributed by atoms with Gasteiger partial charge in [-0.3, -0.25) is 0 Å². The first-order chi connectivity index (χ1) is 9.63. The molecule has 20 heavy (non-hydrogen) atoms. The molecule has 1 fully saturated rings. The number of methoxy groups -OCH3 is 2. The molecule has 1 aromatic carbocycles. The number of hydrogen-bond acceptors (Lipinski definition) is 3. The van der Waals surface area contributed by atoms with Crippen molar-refractivity contribution < 1.29 is 9.47 Å². The van der Waals surface area contributed by atoms with Gasteiger partial charge in [0.25, 0.3) is 0 Å². The van der Waals surface area contributed by atoms with E-state index < -0.39 is 0 Å². The van der Waals surface area contributed by atoms with E-state index in [0.29, 0.717) is 10.8 Å². The number of rotatable bonds is 5. The van der Waals surface area contributed by atoms with Gasteiger partial charge in [0.1, 0.15) is 11.5 Å². The van der Waals surface area contributed by atoms with Gasteiger partial charge in [-0.05, 0) is 30.7 Å². The largest absolute Gasteiger partial charge is 0.495 e. The third kappa shape index (κ3) is 3.72. The Morgan fingerprint density at radius 2 is 1.95 bits per heavy atom. The Morgan fingerprint density at radius 1 is 1.20 bits per heavy atom. The van der Waals surface area contributed by atoms with Crippen LogP contribution in [0.1, 0.15) is 32.6 Å². The second-order valence-electron chi connectivity index (χ2n) is 5.71. The highest BCUT2D eigenvalue weighted by molar-refractivity contribution is 6.32. The molecule has 0 saturated heterocycles. The summed E-state index contributed by atoms with van der Waals surface area (Å²) in [4.78, 5) is 0. The maximum absolute atomic E-state index is 6.18. The second-order valence-corrected chi connectivity index (χ2v) is 6.11. The van der Waals surface area contributed by atoms with Gasteiger partial charge in [-0.15, -0.1) is 0 Å². The highest BCUT2D eigenvalue weighted by Gasteiger charge is 2.19. The molecule has 0 aromatic heterocycles. The van der Waals surface area contributed by atoms with Crippen LogP contribution in [0.15, 0.2) is 12.1 Å². The number of hydrogen-bond donors (Lipinski definition) is 1. The zero-order valence-corrected chi connectivity index (χ0v) is 13.3. The molecule has 1 aliphatic rings. The topological polar surface area (TPSA) is 30.5 Å². The molecule has 2 unspecified atom stereocenters. The zero-order chi connectivity index (χ0) is 14.5. The van der Waals surface area contributed by atoms with Crippen molar-refractivity contribution >= 4 is 17.3 Å². The Hall–Kier alpha value is -1.09. The van der Waals surface area contributed by atoms with Crippen LogP contribution >= 0.6 is 11.6 Å². The quantitative estimate of drug-likeness (QED) is 0.862. The van der Waals surface area contributed by atoms with Gasteiger partial charge in [0.05, 0.1) is 24.9 Å². The minimum absolute atomic E-state index is 0.604. The monoisotopic (exact) mass is 297 g/mol. The molecule has 1 saturated carbocycles. The zero-order valence-electron chi connectivity index (χ0n) is 12.5. The average Bonchev–Trinajstić information content (AvgIpc) is 2.45. The molecule has 0 radical (unpaired) electrons. The van der Waals surface area contributed by atoms with Gasteiger partial charge < -0.3 is 14.8 Å². The van der Waals surface area contributed by atoms with Gasteiger partial charge in [0.15, 0.2) is 0 Å². The van der Waals surface area contributed by atoms with Crippen LogP contribution in [-0.4, -0.2) is 20.8 Å². The van der Waals surface area contributed by atoms with Gasteiger partial charge in [0, 0.05) is 12.6 Å². The summed E-state index contributed by atoms with van der Waals surface area (Å²) in [7, 11) is 3.27. The predicted octanol–water partition coefficient (Wildman–Crippen LogP) is 4.60. The molecule has 0 spiro atoms. The predicted molar refractivity (Wildman–Crippen MR) is 84.2 cm³/mol. The van der Waals surface area contributed by atoms with E-state index in [0.717, 1.165) is 29.8 Å². The maximum Gasteiger partial charge on any atom is 0.145 e. The lowest BCUT2D eigenvalue weighted by Crippen LogP contribution is -2.21. The van der Waals surface area contributed by atoms with Crippen molar-refractivity contribution in [3.8, 4) is 11.5 Å². The standard InChI is InChI=1S/C16H24ClNO2/c1-11-5-4-6-12(7-11)10-18-14-8-13(17)15(19-2)9-16(14)20-3/h8-9,11-12,18H,4-7,10H2,1-3H3. The lowest BCUT2D eigenvalue weighted by molar-refractivity contribution is 0.293. The minimum atomic E-state index is 0.604. The summed E-state index contributed by atoms with van der Waals surface area (Å²) in [5, 5.41) is 4.09. The first-order valence-corrected chi connectivity index (χ1v) is 7.67. The van der Waals surface area contributed by atoms with E-state index in [1.807, 2.05) is 12.1 Å². The van der Waals surface area contributed by atoms with Crippen molar-refractivity contribution in [3.05, 3.63) is 17.2 Å². The lowest BCUT2D eigenvalue weighted by atomic mass is 9.82. The Labute approximate surface area is 126 Å². The number of nitrogens with one attached hydrogen (secondary N) is 1. The van der Waals surface area contributed by atoms with E-state index in [1.165, 1.54) is 25.7 Å². The number of ether oxygens (including phenoxy) is 2. The van der Waals surface area contributed by atoms with Crippen LogP contribution in [-0.2, 0) is 0 Å². The Bertz CT molecular complexity index is 450. The molecule has 0 aliphatic heterocycles. The molecule has 0 bridgehead atoms. The van der Waals surface area contributed by atoms with Crippen molar-refractivity contribution in [2.75, 3.05) is 26.1 Å². The van der Waals surface area contributed by atoms with Crippen LogP contribution in [0.25, 0.3) is 0 Å². The molecule has 112 valence electrons. The molecule has 0 heterocycles. The Kier molecular flexibility index (Phi) is 5.41. The summed E-state index contributed by atoms with van der Waals surface area (Å²) in [6.45, 7) is 3.32. The van der Waals surface area contributed by atoms with E-state index in [2.05, 4.69) is 12.2 Å². The third-order valence-corrected chi connectivity index (χ3v) is 4.40. The van der Waals surface area contributed by atoms with Gasteiger partial charge in [-0.1, -0.05) is 31.4 Å². The van der Waals surface area contributed by atoms with Crippen LogP contribution < -0.4 is 14.8 Å². The third-order valence-electron chi connectivity index (χ3n) is 4.10. The molecule has 1 N–H and O–H groups in total. The van der Waals surface area contributed by atoms with Crippen LogP contribution in [0, 0.1) is 11.8 Å². The second kappa shape index (κ2) is 7.07. The van der Waals surface area contributed by atoms with Crippen molar-refractivity contribution in [3.63, 3.8) is 0 Å². The van der Waals surface area contributed by atoms with Gasteiger partial charge >= 0.3 is 0 Å². The van der Waals surface area contributed by atoms with Crippen molar-refractivity contribution in [2.45, 2.75) is 32.6 Å². The first-order valence-electron chi connectivity index (χ1n) is 7.29. The molecule has 1 aliphatic carbocycles. The van der Waals surface area contributed by atoms with Crippen LogP contribution in [0.2, 0.25) is 5.02 Å². The summed E-state index contributed by atoms with van der Waals surface area (Å²) in [5.41, 5.74) is 0.941. The van der Waals surface area contributed by atoms with Crippen LogP contribution in [0.5, 0.6) is 11.5 Å². The van der Waals surface area contributed by atoms with E-state index in [4.69, 9.17) is 21.1 Å². The Balaban J connectivity index is 2.03. The highest BCUT2D eigenvalue weighted by Crippen LogP contribution is 2.36. The molecular formula is C16H24ClNO2. The van der Waals surface area contributed by atoms with E-state index >= 15 is 0 Å². The average molecular weight is 298 g/mol. The molecule has 3 nitrogen and oxygen atoms in total. The first kappa shape index (κ1) is 15.3. The molecular weight excluding hydrogens is 274 g/mol. The highest BCUT2D eigenvalue weighted by atomic mass is 35.5. The van der Waals surface area contributed by atoms with Crippen LogP contribution in [0.4, 0.5) is 5.69 Å². The Morgan fingerprint density at radius 3 is 2.60 bits per heavy atom. The van der Waals surface area contributed by atoms with E-state index in [-0.39, 0.29) is 0 Å². The van der Waals surface area contributed by atoms with Crippen LogP contribution in [0.3, 0.4) is 0 Å². The van der Waals surface area contributed by atoms with E-state index in [1.54, 1.807) is 14.2 Å². The summed E-state index contributed by atoms with van der Waals surface area (Å²) >= 11 is 6.18. The summed E-state index contributed by atoms with van der Waals surface area (Å²) < 4.78 is 10.6. The van der Waals surface area contributed by atoms with E-state index in [9.17, 15) is 0 Å². The smallest absolute Gasteiger partial charge is 0.145 e. The molecule has 2 atom stereocenters. The fourth-order valence-electron chi connectivity index (χ4n) is 3.00. The van der Waals surface area contributed by atoms with Gasteiger partial charge in [0.2, 0.25) is 0 Å². The fourth-order valence-corrected chi connectivity index (χ4v) is 3.24. The van der Waals surface area contributed by atoms with Gasteiger partial charge in [-0.25, -0.2) is 0 Å². The SMILES string of the molecule is COc1cc(OC)c(NCC2CCCC(C)C2)cc1Cl. The summed E-state index contributed by atoms with van der Waals surface area (Å²) in [5.74, 6) is 3.00. The summed E-state index contributed by atoms with van der Waals surface area (Å²) in [6, 6.07) is 3.71. The van der Waals surface area contributed by atoms with Gasteiger partial charge in [-0.2, -0.15) is 0 Å². The normalized spacial score (nSPS) is 22.4. The number of benzene rings is 1. The number of halogens is 1. The fraction of sp³-hybridized carbons (Fsp3) is 0.625. The van der Waals surface area contributed by atoms with Crippen molar-refractivity contribution in [2.24, 2.45) is 11.8 Å². The van der Waals surface area contributed by atoms with Crippen molar-refractivity contribution in [1.82, 2.24) is 0 Å². The summed E-state index contributed by atoms with van der Waals surface area (Å²) in [6.07, 6.45) is 5.32. The maximum atomic E-state index is 6.18. The minimum Gasteiger partial charge on any atom is -0.495 e. The molecule has 0 amide bonds.